The lowest BCUT2D eigenvalue weighted by atomic mass is 10.00. The van der Waals surface area contributed by atoms with E-state index in [1.54, 1.807) is 0 Å². The second-order valence-electron chi connectivity index (χ2n) is 6.17. The summed E-state index contributed by atoms with van der Waals surface area (Å²) in [5.74, 6) is 1.62. The maximum absolute atomic E-state index is 6.06. The first kappa shape index (κ1) is 14.6. The Kier molecular flexibility index (Phi) is 5.95. The zero-order valence-corrected chi connectivity index (χ0v) is 12.5. The molecule has 0 atom stereocenters. The van der Waals surface area contributed by atoms with Gasteiger partial charge in [-0.05, 0) is 64.1 Å². The Morgan fingerprint density at radius 2 is 1.79 bits per heavy atom. The van der Waals surface area contributed by atoms with Crippen molar-refractivity contribution >= 4 is 5.96 Å². The van der Waals surface area contributed by atoms with Crippen LogP contribution in [0.15, 0.2) is 4.99 Å². The molecule has 0 aromatic rings. The molecule has 0 aromatic carbocycles. The second kappa shape index (κ2) is 7.73. The van der Waals surface area contributed by atoms with E-state index >= 15 is 0 Å². The van der Waals surface area contributed by atoms with Crippen LogP contribution in [0.4, 0.5) is 0 Å². The molecule has 2 aliphatic heterocycles. The number of unbranched alkanes of at least 4 members (excludes halogenated alkanes) is 1. The number of guanidine groups is 1. The average molecular weight is 266 g/mol. The van der Waals surface area contributed by atoms with Gasteiger partial charge in [-0.1, -0.05) is 6.92 Å². The highest BCUT2D eigenvalue weighted by molar-refractivity contribution is 5.78. The van der Waals surface area contributed by atoms with Gasteiger partial charge in [0.25, 0.3) is 0 Å². The molecule has 0 aromatic heterocycles. The molecule has 19 heavy (non-hydrogen) atoms. The van der Waals surface area contributed by atoms with Crippen LogP contribution in [0.2, 0.25) is 0 Å². The number of piperidine rings is 1. The molecule has 0 radical (unpaired) electrons. The topological polar surface area (TPSA) is 44.9 Å². The molecule has 0 spiro atoms. The van der Waals surface area contributed by atoms with E-state index in [9.17, 15) is 0 Å². The van der Waals surface area contributed by atoms with E-state index in [0.29, 0.717) is 0 Å². The number of aliphatic imine (C=N–C) groups is 1. The molecular formula is C15H30N4. The summed E-state index contributed by atoms with van der Waals surface area (Å²) in [7, 11) is 0. The summed E-state index contributed by atoms with van der Waals surface area (Å²) >= 11 is 0. The number of rotatable bonds is 5. The maximum atomic E-state index is 6.06. The van der Waals surface area contributed by atoms with Crippen LogP contribution in [0.3, 0.4) is 0 Å². The zero-order chi connectivity index (χ0) is 13.5. The summed E-state index contributed by atoms with van der Waals surface area (Å²) in [6.45, 7) is 9.24. The van der Waals surface area contributed by atoms with Crippen LogP contribution in [-0.2, 0) is 0 Å². The molecule has 110 valence electrons. The Morgan fingerprint density at radius 3 is 2.47 bits per heavy atom. The van der Waals surface area contributed by atoms with Crippen molar-refractivity contribution in [2.45, 2.75) is 45.4 Å². The van der Waals surface area contributed by atoms with Crippen molar-refractivity contribution < 1.29 is 0 Å². The van der Waals surface area contributed by atoms with Gasteiger partial charge in [-0.3, -0.25) is 4.99 Å². The Labute approximate surface area is 118 Å². The molecular weight excluding hydrogens is 236 g/mol. The second-order valence-corrected chi connectivity index (χ2v) is 6.17. The smallest absolute Gasteiger partial charge is 0.191 e. The Hall–Kier alpha value is -0.770. The van der Waals surface area contributed by atoms with Crippen LogP contribution in [0, 0.1) is 5.92 Å². The van der Waals surface area contributed by atoms with Gasteiger partial charge in [-0.25, -0.2) is 0 Å². The molecule has 0 amide bonds. The summed E-state index contributed by atoms with van der Waals surface area (Å²) < 4.78 is 0. The van der Waals surface area contributed by atoms with Crippen LogP contribution < -0.4 is 5.73 Å². The summed E-state index contributed by atoms with van der Waals surface area (Å²) in [4.78, 5) is 9.36. The van der Waals surface area contributed by atoms with E-state index < -0.39 is 0 Å². The summed E-state index contributed by atoms with van der Waals surface area (Å²) in [6.07, 6.45) is 7.71. The molecule has 2 N–H and O–H groups in total. The third-order valence-electron chi connectivity index (χ3n) is 4.46. The summed E-state index contributed by atoms with van der Waals surface area (Å²) in [6, 6.07) is 0. The molecule has 0 aliphatic carbocycles. The monoisotopic (exact) mass is 266 g/mol. The molecule has 0 bridgehead atoms. The van der Waals surface area contributed by atoms with Crippen LogP contribution in [0.1, 0.15) is 45.4 Å². The largest absolute Gasteiger partial charge is 0.370 e. The molecule has 2 saturated heterocycles. The van der Waals surface area contributed by atoms with E-state index in [1.165, 1.54) is 58.2 Å². The van der Waals surface area contributed by atoms with Crippen LogP contribution in [-0.4, -0.2) is 55.0 Å². The molecule has 0 unspecified atom stereocenters. The number of nitrogens with two attached hydrogens (primary N) is 1. The molecule has 4 heteroatoms. The molecule has 2 aliphatic rings. The quantitative estimate of drug-likeness (QED) is 0.470. The van der Waals surface area contributed by atoms with Crippen molar-refractivity contribution in [2.24, 2.45) is 16.6 Å². The standard InChI is InChI=1S/C15H30N4/c1-14-6-12-19(13-7-14)15(16)17-8-2-3-9-18-10-4-5-11-18/h14H,2-13H2,1H3,(H2,16,17). The van der Waals surface area contributed by atoms with Gasteiger partial charge < -0.3 is 15.5 Å². The first-order chi connectivity index (χ1) is 9.25. The number of hydrogen-bond donors (Lipinski definition) is 1. The number of hydrogen-bond acceptors (Lipinski definition) is 2. The minimum absolute atomic E-state index is 0.771. The van der Waals surface area contributed by atoms with Gasteiger partial charge in [0.05, 0.1) is 0 Å². The van der Waals surface area contributed by atoms with Gasteiger partial charge in [0.2, 0.25) is 0 Å². The van der Waals surface area contributed by atoms with Crippen molar-refractivity contribution in [1.29, 1.82) is 0 Å². The third-order valence-corrected chi connectivity index (χ3v) is 4.46. The fraction of sp³-hybridized carbons (Fsp3) is 0.933. The maximum Gasteiger partial charge on any atom is 0.191 e. The van der Waals surface area contributed by atoms with E-state index in [2.05, 4.69) is 21.7 Å². The van der Waals surface area contributed by atoms with E-state index in [-0.39, 0.29) is 0 Å². The van der Waals surface area contributed by atoms with E-state index in [4.69, 9.17) is 5.73 Å². The van der Waals surface area contributed by atoms with Crippen molar-refractivity contribution in [3.05, 3.63) is 0 Å². The minimum Gasteiger partial charge on any atom is -0.370 e. The molecule has 2 rings (SSSR count). The fourth-order valence-electron chi connectivity index (χ4n) is 2.98. The van der Waals surface area contributed by atoms with Crippen molar-refractivity contribution in [3.63, 3.8) is 0 Å². The Morgan fingerprint density at radius 1 is 1.11 bits per heavy atom. The van der Waals surface area contributed by atoms with Crippen LogP contribution in [0.25, 0.3) is 0 Å². The van der Waals surface area contributed by atoms with Gasteiger partial charge >= 0.3 is 0 Å². The van der Waals surface area contributed by atoms with Crippen molar-refractivity contribution in [1.82, 2.24) is 9.80 Å². The Balaban J connectivity index is 1.56. The van der Waals surface area contributed by atoms with Crippen molar-refractivity contribution in [3.8, 4) is 0 Å². The first-order valence-corrected chi connectivity index (χ1v) is 8.03. The molecule has 2 heterocycles. The number of nitrogens with zero attached hydrogens (tertiary/aromatic N) is 3. The highest BCUT2D eigenvalue weighted by atomic mass is 15.3. The highest BCUT2D eigenvalue weighted by Gasteiger charge is 2.16. The lowest BCUT2D eigenvalue weighted by Crippen LogP contribution is -2.42. The van der Waals surface area contributed by atoms with Gasteiger partial charge in [0, 0.05) is 19.6 Å². The summed E-state index contributed by atoms with van der Waals surface area (Å²) in [5, 5.41) is 0. The van der Waals surface area contributed by atoms with Crippen LogP contribution >= 0.6 is 0 Å². The predicted molar refractivity (Wildman–Crippen MR) is 81.4 cm³/mol. The fourth-order valence-corrected chi connectivity index (χ4v) is 2.98. The first-order valence-electron chi connectivity index (χ1n) is 8.03. The molecule has 0 saturated carbocycles. The number of likely N-dealkylation sites (tertiary alicyclic amines) is 2. The molecule has 2 fully saturated rings. The van der Waals surface area contributed by atoms with Gasteiger partial charge in [-0.15, -0.1) is 0 Å². The summed E-state index contributed by atoms with van der Waals surface area (Å²) in [5.41, 5.74) is 6.06. The minimum atomic E-state index is 0.771. The third kappa shape index (κ3) is 5.01. The lowest BCUT2D eigenvalue weighted by molar-refractivity contribution is 0.277. The normalized spacial score (nSPS) is 23.2. The SMILES string of the molecule is CC1CCN(C(N)=NCCCCN2CCCC2)CC1. The average Bonchev–Trinajstić information content (AvgIpc) is 2.92. The predicted octanol–water partition coefficient (Wildman–Crippen LogP) is 1.91. The Bertz CT molecular complexity index is 276. The van der Waals surface area contributed by atoms with Gasteiger partial charge in [-0.2, -0.15) is 0 Å². The van der Waals surface area contributed by atoms with Gasteiger partial charge in [0.15, 0.2) is 5.96 Å². The molecule has 4 nitrogen and oxygen atoms in total. The van der Waals surface area contributed by atoms with E-state index in [0.717, 1.165) is 31.5 Å². The van der Waals surface area contributed by atoms with E-state index in [1.807, 2.05) is 0 Å². The zero-order valence-electron chi connectivity index (χ0n) is 12.5. The van der Waals surface area contributed by atoms with Crippen molar-refractivity contribution in [2.75, 3.05) is 39.3 Å². The van der Waals surface area contributed by atoms with Gasteiger partial charge in [0.1, 0.15) is 0 Å². The highest BCUT2D eigenvalue weighted by Crippen LogP contribution is 2.15. The lowest BCUT2D eigenvalue weighted by Gasteiger charge is -2.31. The van der Waals surface area contributed by atoms with Crippen LogP contribution in [0.5, 0.6) is 0 Å².